The van der Waals surface area contributed by atoms with Gasteiger partial charge in [-0.25, -0.2) is 0 Å². The number of Topliss-reactive ketones (excluding diaryl/α,β-unsaturated/α-hetero) is 1. The number of carbonyl (C=O) groups excluding carboxylic acids is 3. The molecule has 2 aromatic carbocycles. The largest absolute Gasteiger partial charge is 0.497 e. The zero-order chi connectivity index (χ0) is 27.2. The first-order valence-corrected chi connectivity index (χ1v) is 12.5. The van der Waals surface area contributed by atoms with Gasteiger partial charge in [0, 0.05) is 34.9 Å². The van der Waals surface area contributed by atoms with E-state index in [9.17, 15) is 24.3 Å². The second-order valence-corrected chi connectivity index (χ2v) is 9.33. The Balaban J connectivity index is 1.69. The number of hydrogen-bond donors (Lipinski definition) is 3. The average molecular weight is 522 g/mol. The maximum Gasteiger partial charge on any atom is 0.323 e. The van der Waals surface area contributed by atoms with E-state index in [0.29, 0.717) is 40.9 Å². The van der Waals surface area contributed by atoms with Crippen molar-refractivity contribution in [1.82, 2.24) is 9.88 Å². The molecule has 10 nitrogen and oxygen atoms in total. The molecule has 0 bridgehead atoms. The monoisotopic (exact) mass is 521 g/mol. The lowest BCUT2D eigenvalue weighted by Gasteiger charge is -2.36. The lowest BCUT2D eigenvalue weighted by molar-refractivity contribution is -0.147. The minimum absolute atomic E-state index is 0.0960. The molecule has 0 aliphatic heterocycles. The molecule has 1 aliphatic carbocycles. The van der Waals surface area contributed by atoms with Gasteiger partial charge in [0.05, 0.1) is 19.8 Å². The highest BCUT2D eigenvalue weighted by Gasteiger charge is 2.40. The lowest BCUT2D eigenvalue weighted by Crippen LogP contribution is -2.55. The maximum absolute atomic E-state index is 13.7. The molecule has 0 radical (unpaired) electrons. The van der Waals surface area contributed by atoms with Crippen LogP contribution in [0.1, 0.15) is 42.5 Å². The van der Waals surface area contributed by atoms with Gasteiger partial charge in [-0.05, 0) is 43.0 Å². The number of hydrogen-bond acceptors (Lipinski definition) is 6. The van der Waals surface area contributed by atoms with Crippen LogP contribution in [-0.4, -0.2) is 65.4 Å². The highest BCUT2D eigenvalue weighted by Crippen LogP contribution is 2.31. The number of aromatic amines is 1. The van der Waals surface area contributed by atoms with E-state index in [4.69, 9.17) is 9.47 Å². The number of carbonyl (C=O) groups is 4. The molecule has 1 unspecified atom stereocenters. The van der Waals surface area contributed by atoms with Gasteiger partial charge in [0.15, 0.2) is 0 Å². The predicted octanol–water partition coefficient (Wildman–Crippen LogP) is 3.87. The Morgan fingerprint density at radius 3 is 2.42 bits per heavy atom. The standard InChI is InChI=1S/C28H31N3O7/c1-37-19-10-6-9-18(13-19)30-27(35)25(17-7-4-3-5-8-17)31(16-24(32)33)28(36)26(34)22-15-29-23-14-20(38-2)11-12-21(22)23/h6,9-15,17,25,29H,3-5,7-8,16H2,1-2H3,(H,30,35)(H,32,33). The summed E-state index contributed by atoms with van der Waals surface area (Å²) in [6.45, 7) is -0.784. The fourth-order valence-corrected chi connectivity index (χ4v) is 5.09. The van der Waals surface area contributed by atoms with E-state index in [1.807, 2.05) is 0 Å². The Morgan fingerprint density at radius 1 is 1.03 bits per heavy atom. The number of fused-ring (bicyclic) bond motifs is 1. The van der Waals surface area contributed by atoms with Crippen LogP contribution in [-0.2, 0) is 14.4 Å². The SMILES string of the molecule is COc1cccc(NC(=O)C(C2CCCCC2)N(CC(=O)O)C(=O)C(=O)c2c[nH]c3cc(OC)ccc23)c1. The number of ketones is 1. The van der Waals surface area contributed by atoms with E-state index in [-0.39, 0.29) is 11.5 Å². The normalized spacial score (nSPS) is 14.5. The number of H-pyrrole nitrogens is 1. The summed E-state index contributed by atoms with van der Waals surface area (Å²) in [6, 6.07) is 10.6. The average Bonchev–Trinajstić information content (AvgIpc) is 3.35. The van der Waals surface area contributed by atoms with E-state index < -0.39 is 36.2 Å². The summed E-state index contributed by atoms with van der Waals surface area (Å²) in [5.74, 6) is -2.98. The first kappa shape index (κ1) is 26.7. The summed E-state index contributed by atoms with van der Waals surface area (Å²) in [7, 11) is 3.02. The van der Waals surface area contributed by atoms with Crippen LogP contribution < -0.4 is 14.8 Å². The molecule has 1 saturated carbocycles. The van der Waals surface area contributed by atoms with Crippen molar-refractivity contribution < 1.29 is 33.8 Å². The van der Waals surface area contributed by atoms with Gasteiger partial charge in [-0.2, -0.15) is 0 Å². The van der Waals surface area contributed by atoms with Gasteiger partial charge in [0.1, 0.15) is 24.1 Å². The second-order valence-electron chi connectivity index (χ2n) is 9.33. The number of aromatic nitrogens is 1. The number of ether oxygens (including phenoxy) is 2. The summed E-state index contributed by atoms with van der Waals surface area (Å²) < 4.78 is 10.4. The smallest absolute Gasteiger partial charge is 0.323 e. The van der Waals surface area contributed by atoms with Gasteiger partial charge < -0.3 is 29.8 Å². The third kappa shape index (κ3) is 5.80. The number of rotatable bonds is 10. The molecule has 1 atom stereocenters. The number of aliphatic carboxylic acids is 1. The van der Waals surface area contributed by atoms with Gasteiger partial charge in [0.2, 0.25) is 5.91 Å². The number of amides is 2. The van der Waals surface area contributed by atoms with Crippen LogP contribution in [0, 0.1) is 5.92 Å². The van der Waals surface area contributed by atoms with Crippen molar-refractivity contribution in [3.05, 3.63) is 54.2 Å². The minimum atomic E-state index is -1.31. The molecule has 0 saturated heterocycles. The van der Waals surface area contributed by atoms with E-state index in [0.717, 1.165) is 24.2 Å². The first-order valence-electron chi connectivity index (χ1n) is 12.5. The summed E-state index contributed by atoms with van der Waals surface area (Å²) in [4.78, 5) is 56.5. The molecule has 10 heteroatoms. The fourth-order valence-electron chi connectivity index (χ4n) is 5.09. The Hall–Kier alpha value is -4.34. The van der Waals surface area contributed by atoms with Crippen molar-refractivity contribution in [3.63, 3.8) is 0 Å². The van der Waals surface area contributed by atoms with Crippen molar-refractivity contribution in [2.45, 2.75) is 38.1 Å². The highest BCUT2D eigenvalue weighted by atomic mass is 16.5. The van der Waals surface area contributed by atoms with E-state index in [2.05, 4.69) is 10.3 Å². The predicted molar refractivity (Wildman–Crippen MR) is 141 cm³/mol. The number of nitrogens with zero attached hydrogens (tertiary/aromatic N) is 1. The van der Waals surface area contributed by atoms with Crippen LogP contribution >= 0.6 is 0 Å². The quantitative estimate of drug-likeness (QED) is 0.272. The van der Waals surface area contributed by atoms with Crippen LogP contribution in [0.4, 0.5) is 5.69 Å². The second kappa shape index (κ2) is 11.8. The topological polar surface area (TPSA) is 138 Å². The Morgan fingerprint density at radius 2 is 1.74 bits per heavy atom. The Bertz CT molecular complexity index is 1340. The zero-order valence-electron chi connectivity index (χ0n) is 21.4. The van der Waals surface area contributed by atoms with Gasteiger partial charge >= 0.3 is 5.97 Å². The molecule has 1 aliphatic rings. The molecule has 1 aromatic heterocycles. The number of nitrogens with one attached hydrogen (secondary N) is 2. The fraction of sp³-hybridized carbons (Fsp3) is 0.357. The number of benzene rings is 2. The third-order valence-corrected chi connectivity index (χ3v) is 6.93. The van der Waals surface area contributed by atoms with Crippen molar-refractivity contribution >= 4 is 40.2 Å². The van der Waals surface area contributed by atoms with Gasteiger partial charge in [-0.1, -0.05) is 25.3 Å². The number of carboxylic acids is 1. The molecule has 200 valence electrons. The molecule has 0 spiro atoms. The van der Waals surface area contributed by atoms with E-state index in [1.54, 1.807) is 42.5 Å². The summed E-state index contributed by atoms with van der Waals surface area (Å²) >= 11 is 0. The van der Waals surface area contributed by atoms with Gasteiger partial charge in [-0.15, -0.1) is 0 Å². The molecule has 4 rings (SSSR count). The molecule has 1 heterocycles. The van der Waals surface area contributed by atoms with Crippen LogP contribution in [0.2, 0.25) is 0 Å². The van der Waals surface area contributed by atoms with E-state index >= 15 is 0 Å². The van der Waals surface area contributed by atoms with Crippen LogP contribution in [0.5, 0.6) is 11.5 Å². The molecule has 2 amide bonds. The molecule has 38 heavy (non-hydrogen) atoms. The van der Waals surface area contributed by atoms with Crippen LogP contribution in [0.3, 0.4) is 0 Å². The summed E-state index contributed by atoms with van der Waals surface area (Å²) in [6.07, 6.45) is 5.38. The Kier molecular flexibility index (Phi) is 8.30. The first-order chi connectivity index (χ1) is 18.3. The number of carboxylic acid groups (broad SMARTS) is 1. The minimum Gasteiger partial charge on any atom is -0.497 e. The molecule has 3 aromatic rings. The number of methoxy groups -OCH3 is 2. The number of anilines is 1. The van der Waals surface area contributed by atoms with Gasteiger partial charge in [-0.3, -0.25) is 19.2 Å². The lowest BCUT2D eigenvalue weighted by atomic mass is 9.82. The molecule has 3 N–H and O–H groups in total. The van der Waals surface area contributed by atoms with Crippen LogP contribution in [0.15, 0.2) is 48.7 Å². The zero-order valence-corrected chi connectivity index (χ0v) is 21.4. The highest BCUT2D eigenvalue weighted by molar-refractivity contribution is 6.45. The van der Waals surface area contributed by atoms with Crippen molar-refractivity contribution in [3.8, 4) is 11.5 Å². The van der Waals surface area contributed by atoms with E-state index in [1.165, 1.54) is 20.4 Å². The maximum atomic E-state index is 13.7. The third-order valence-electron chi connectivity index (χ3n) is 6.93. The van der Waals surface area contributed by atoms with Crippen molar-refractivity contribution in [1.29, 1.82) is 0 Å². The molecule has 1 fully saturated rings. The summed E-state index contributed by atoms with van der Waals surface area (Å²) in [5.41, 5.74) is 1.12. The van der Waals surface area contributed by atoms with Crippen molar-refractivity contribution in [2.75, 3.05) is 26.1 Å². The summed E-state index contributed by atoms with van der Waals surface area (Å²) in [5, 5.41) is 13.0. The molecular weight excluding hydrogens is 490 g/mol. The molecular formula is C28H31N3O7. The van der Waals surface area contributed by atoms with Crippen molar-refractivity contribution in [2.24, 2.45) is 5.92 Å². The Labute approximate surface area is 219 Å². The van der Waals surface area contributed by atoms with Gasteiger partial charge in [0.25, 0.3) is 11.7 Å². The van der Waals surface area contributed by atoms with Crippen LogP contribution in [0.25, 0.3) is 10.9 Å².